The molecule has 1 fully saturated rings. The van der Waals surface area contributed by atoms with Crippen LogP contribution in [0, 0.1) is 0 Å². The maximum absolute atomic E-state index is 13.1. The van der Waals surface area contributed by atoms with Crippen LogP contribution in [-0.2, 0) is 15.7 Å². The summed E-state index contributed by atoms with van der Waals surface area (Å²) in [5, 5.41) is 0.0248. The minimum Gasteiger partial charge on any atom is -0.354 e. The fourth-order valence-corrected chi connectivity index (χ4v) is 5.82. The average molecular weight is 465 g/mol. The molecule has 10 heteroatoms. The van der Waals surface area contributed by atoms with Gasteiger partial charge < -0.3 is 9.64 Å². The molecule has 3 rings (SSSR count). The highest BCUT2D eigenvalue weighted by molar-refractivity contribution is 7.99. The zero-order chi connectivity index (χ0) is 21.4. The number of aromatic nitrogens is 1. The van der Waals surface area contributed by atoms with Crippen LogP contribution in [0.3, 0.4) is 0 Å². The van der Waals surface area contributed by atoms with Crippen molar-refractivity contribution in [1.29, 1.82) is 0 Å². The fraction of sp³-hybridized carbons (Fsp3) is 0.474. The smallest absolute Gasteiger partial charge is 0.354 e. The molecule has 1 amide bonds. The first kappa shape index (κ1) is 22.4. The summed E-state index contributed by atoms with van der Waals surface area (Å²) in [6.07, 6.45) is -2.25. The van der Waals surface area contributed by atoms with Gasteiger partial charge in [-0.1, -0.05) is 11.6 Å². The number of thioether (sulfide) groups is 1. The number of rotatable bonds is 5. The van der Waals surface area contributed by atoms with E-state index in [1.165, 1.54) is 36.1 Å². The van der Waals surface area contributed by atoms with Crippen LogP contribution in [0.4, 0.5) is 13.2 Å². The first-order valence-corrected chi connectivity index (χ1v) is 11.0. The van der Waals surface area contributed by atoms with Gasteiger partial charge in [-0.15, -0.1) is 23.1 Å². The number of hydrogen-bond donors (Lipinski definition) is 0. The van der Waals surface area contributed by atoms with Crippen LogP contribution in [0.25, 0.3) is 0 Å². The third kappa shape index (κ3) is 5.07. The molecule has 0 spiro atoms. The van der Waals surface area contributed by atoms with E-state index in [1.54, 1.807) is 16.6 Å². The van der Waals surface area contributed by atoms with E-state index in [-0.39, 0.29) is 22.2 Å². The Morgan fingerprint density at radius 3 is 2.79 bits per heavy atom. The molecule has 0 N–H and O–H groups in total. The van der Waals surface area contributed by atoms with Gasteiger partial charge in [-0.3, -0.25) is 9.78 Å². The van der Waals surface area contributed by atoms with Crippen molar-refractivity contribution in [2.45, 2.75) is 55.3 Å². The zero-order valence-electron chi connectivity index (χ0n) is 16.0. The molecule has 1 aliphatic rings. The molecule has 2 aromatic rings. The lowest BCUT2D eigenvalue weighted by Gasteiger charge is -2.34. The van der Waals surface area contributed by atoms with Gasteiger partial charge in [-0.05, 0) is 38.5 Å². The third-order valence-electron chi connectivity index (χ3n) is 4.70. The summed E-state index contributed by atoms with van der Waals surface area (Å²) in [4.78, 5) is 19.2. The number of ether oxygens (including phenoxy) is 1. The maximum atomic E-state index is 13.1. The summed E-state index contributed by atoms with van der Waals surface area (Å²) in [6, 6.07) is 3.10. The monoisotopic (exact) mass is 464 g/mol. The number of thiazole rings is 1. The Morgan fingerprint density at radius 2 is 2.21 bits per heavy atom. The molecule has 0 radical (unpaired) electrons. The molecule has 2 atom stereocenters. The molecule has 1 aromatic carbocycles. The Balaban J connectivity index is 1.90. The second kappa shape index (κ2) is 8.45. The van der Waals surface area contributed by atoms with Gasteiger partial charge in [-0.25, -0.2) is 0 Å². The summed E-state index contributed by atoms with van der Waals surface area (Å²) in [5.41, 5.74) is 0.199. The molecule has 0 bridgehead atoms. The van der Waals surface area contributed by atoms with Crippen LogP contribution in [0.5, 0.6) is 0 Å². The van der Waals surface area contributed by atoms with E-state index in [1.807, 2.05) is 13.8 Å². The summed E-state index contributed by atoms with van der Waals surface area (Å²) in [7, 11) is 0. The molecule has 1 aromatic heterocycles. The van der Waals surface area contributed by atoms with Crippen LogP contribution in [0.15, 0.2) is 34.8 Å². The van der Waals surface area contributed by atoms with E-state index < -0.39 is 17.5 Å². The molecular formula is C19H20ClF3N2O2S2. The highest BCUT2D eigenvalue weighted by Gasteiger charge is 2.43. The third-order valence-corrected chi connectivity index (χ3v) is 7.50. The summed E-state index contributed by atoms with van der Waals surface area (Å²) in [5.74, 6) is -0.109. The van der Waals surface area contributed by atoms with Gasteiger partial charge >= 0.3 is 6.18 Å². The quantitative estimate of drug-likeness (QED) is 0.507. The lowest BCUT2D eigenvalue weighted by atomic mass is 10.1. The Morgan fingerprint density at radius 1 is 1.48 bits per heavy atom. The van der Waals surface area contributed by atoms with E-state index in [0.29, 0.717) is 17.9 Å². The number of carbonyl (C=O) groups is 1. The lowest BCUT2D eigenvalue weighted by Crippen LogP contribution is -2.47. The zero-order valence-corrected chi connectivity index (χ0v) is 18.4. The van der Waals surface area contributed by atoms with E-state index in [2.05, 4.69) is 4.98 Å². The van der Waals surface area contributed by atoms with Crippen molar-refractivity contribution in [2.75, 3.05) is 6.61 Å². The topological polar surface area (TPSA) is 42.4 Å². The molecule has 158 valence electrons. The van der Waals surface area contributed by atoms with Gasteiger partial charge in [0.2, 0.25) is 5.91 Å². The van der Waals surface area contributed by atoms with Crippen LogP contribution in [0.1, 0.15) is 42.9 Å². The van der Waals surface area contributed by atoms with Gasteiger partial charge in [0.25, 0.3) is 0 Å². The first-order chi connectivity index (χ1) is 13.5. The van der Waals surface area contributed by atoms with Crippen molar-refractivity contribution in [1.82, 2.24) is 9.88 Å². The highest BCUT2D eigenvalue weighted by atomic mass is 35.5. The second-order valence-corrected chi connectivity index (χ2v) is 9.76. The van der Waals surface area contributed by atoms with Gasteiger partial charge in [-0.2, -0.15) is 13.2 Å². The standard InChI is InChI=1S/C19H20ClF3N2O2S2/c1-11(26)25-13(9-27-18(25,2)3)7-16(17-8-24-10-28-17)29-15-6-12(19(21,22)23)4-5-14(15)20/h4-6,8,10,13,16H,7,9H2,1-3H3/t13?,16-/m1/s1. The minimum atomic E-state index is -4.45. The molecular weight excluding hydrogens is 445 g/mol. The average Bonchev–Trinajstić information content (AvgIpc) is 3.22. The van der Waals surface area contributed by atoms with Gasteiger partial charge in [0.05, 0.1) is 28.7 Å². The normalized spacial score (nSPS) is 20.1. The molecule has 4 nitrogen and oxygen atoms in total. The Hall–Kier alpha value is -1.29. The fourth-order valence-electron chi connectivity index (χ4n) is 3.47. The van der Waals surface area contributed by atoms with E-state index in [4.69, 9.17) is 16.3 Å². The first-order valence-electron chi connectivity index (χ1n) is 8.84. The number of carbonyl (C=O) groups excluding carboxylic acids is 1. The van der Waals surface area contributed by atoms with Crippen molar-refractivity contribution in [3.8, 4) is 0 Å². The van der Waals surface area contributed by atoms with Gasteiger partial charge in [0.1, 0.15) is 5.72 Å². The highest BCUT2D eigenvalue weighted by Crippen LogP contribution is 2.46. The van der Waals surface area contributed by atoms with Crippen molar-refractivity contribution in [2.24, 2.45) is 0 Å². The number of amides is 1. The minimum absolute atomic E-state index is 0.109. The molecule has 2 heterocycles. The largest absolute Gasteiger partial charge is 0.416 e. The number of nitrogens with zero attached hydrogens (tertiary/aromatic N) is 2. The summed E-state index contributed by atoms with van der Waals surface area (Å²) < 4.78 is 45.2. The van der Waals surface area contributed by atoms with E-state index in [0.717, 1.165) is 17.0 Å². The molecule has 1 saturated heterocycles. The SMILES string of the molecule is CC(=O)N1C(C[C@@H](Sc2cc(C(F)(F)F)ccc2Cl)c2cncs2)COC1(C)C. The van der Waals surface area contributed by atoms with E-state index >= 15 is 0 Å². The summed E-state index contributed by atoms with van der Waals surface area (Å²) in [6.45, 7) is 5.50. The van der Waals surface area contributed by atoms with Crippen LogP contribution >= 0.6 is 34.7 Å². The second-order valence-electron chi connectivity index (χ2n) is 7.19. The van der Waals surface area contributed by atoms with E-state index in [9.17, 15) is 18.0 Å². The number of halogens is 4. The predicted molar refractivity (Wildman–Crippen MR) is 108 cm³/mol. The molecule has 1 aliphatic heterocycles. The summed E-state index contributed by atoms with van der Waals surface area (Å²) >= 11 is 8.87. The van der Waals surface area contributed by atoms with Gasteiger partial charge in [0, 0.05) is 28.1 Å². The number of alkyl halides is 3. The van der Waals surface area contributed by atoms with Crippen molar-refractivity contribution in [3.05, 3.63) is 45.4 Å². The molecule has 0 saturated carbocycles. The van der Waals surface area contributed by atoms with Crippen molar-refractivity contribution < 1.29 is 22.7 Å². The molecule has 1 unspecified atom stereocenters. The number of hydrogen-bond acceptors (Lipinski definition) is 5. The lowest BCUT2D eigenvalue weighted by molar-refractivity contribution is -0.143. The van der Waals surface area contributed by atoms with Gasteiger partial charge in [0.15, 0.2) is 0 Å². The maximum Gasteiger partial charge on any atom is 0.416 e. The van der Waals surface area contributed by atoms with Crippen molar-refractivity contribution >= 4 is 40.6 Å². The Bertz CT molecular complexity index is 875. The Kier molecular flexibility index (Phi) is 6.53. The van der Waals surface area contributed by atoms with Crippen LogP contribution in [-0.4, -0.2) is 34.2 Å². The van der Waals surface area contributed by atoms with Crippen LogP contribution in [0.2, 0.25) is 5.02 Å². The molecule has 0 aliphatic carbocycles. The Labute approximate surface area is 180 Å². The predicted octanol–water partition coefficient (Wildman–Crippen LogP) is 6.02. The number of benzene rings is 1. The van der Waals surface area contributed by atoms with Crippen molar-refractivity contribution in [3.63, 3.8) is 0 Å². The molecule has 29 heavy (non-hydrogen) atoms. The van der Waals surface area contributed by atoms with Crippen LogP contribution < -0.4 is 0 Å².